The molecule has 1 aromatic carbocycles. The highest BCUT2D eigenvalue weighted by Crippen LogP contribution is 2.47. The lowest BCUT2D eigenvalue weighted by molar-refractivity contribution is -0.138. The van der Waals surface area contributed by atoms with Gasteiger partial charge in [0, 0.05) is 24.3 Å². The van der Waals surface area contributed by atoms with E-state index < -0.39 is 48.2 Å². The number of benzene rings is 1. The van der Waals surface area contributed by atoms with Crippen molar-refractivity contribution in [3.63, 3.8) is 0 Å². The summed E-state index contributed by atoms with van der Waals surface area (Å²) < 4.78 is 44.1. The van der Waals surface area contributed by atoms with E-state index in [1.807, 2.05) is 6.07 Å². The van der Waals surface area contributed by atoms with Crippen molar-refractivity contribution in [1.82, 2.24) is 14.7 Å². The number of primary amides is 1. The van der Waals surface area contributed by atoms with Crippen LogP contribution in [0.5, 0.6) is 0 Å². The molecule has 2 aromatic rings. The number of carbonyl (C=O) groups is 2. The SMILES string of the molecule is CC(CF)C1(F)C(n2cc(C(N)=O)c(Nc3ccc(F)cc3)n2)C(C#N)CCN1C(=O)O. The van der Waals surface area contributed by atoms with Gasteiger partial charge in [-0.15, -0.1) is 0 Å². The smallest absolute Gasteiger partial charge is 0.409 e. The van der Waals surface area contributed by atoms with E-state index in [4.69, 9.17) is 5.73 Å². The van der Waals surface area contributed by atoms with Crippen LogP contribution >= 0.6 is 0 Å². The van der Waals surface area contributed by atoms with Gasteiger partial charge in [-0.25, -0.2) is 13.6 Å². The summed E-state index contributed by atoms with van der Waals surface area (Å²) in [7, 11) is 0. The summed E-state index contributed by atoms with van der Waals surface area (Å²) in [5, 5.41) is 26.1. The number of carbonyl (C=O) groups excluding carboxylic acids is 1. The maximum absolute atomic E-state index is 16.4. The van der Waals surface area contributed by atoms with E-state index in [2.05, 4.69) is 10.4 Å². The molecular formula is C20H21F3N6O3. The Morgan fingerprint density at radius 2 is 2.09 bits per heavy atom. The molecule has 170 valence electrons. The van der Waals surface area contributed by atoms with Crippen LogP contribution in [0, 0.1) is 29.0 Å². The summed E-state index contributed by atoms with van der Waals surface area (Å²) in [5.74, 6) is -6.86. The van der Waals surface area contributed by atoms with E-state index in [0.29, 0.717) is 10.6 Å². The Hall–Kier alpha value is -3.75. The molecule has 0 radical (unpaired) electrons. The third-order valence-electron chi connectivity index (χ3n) is 5.58. The molecule has 9 nitrogen and oxygen atoms in total. The van der Waals surface area contributed by atoms with Crippen molar-refractivity contribution in [3.8, 4) is 6.07 Å². The maximum atomic E-state index is 16.4. The molecule has 1 fully saturated rings. The van der Waals surface area contributed by atoms with Crippen LogP contribution in [-0.4, -0.2) is 50.8 Å². The minimum Gasteiger partial charge on any atom is -0.465 e. The number of halogens is 3. The number of nitrogens with two attached hydrogens (primary N) is 1. The van der Waals surface area contributed by atoms with Gasteiger partial charge in [0.25, 0.3) is 5.91 Å². The fourth-order valence-electron chi connectivity index (χ4n) is 3.93. The number of rotatable bonds is 6. The van der Waals surface area contributed by atoms with E-state index in [1.54, 1.807) is 0 Å². The van der Waals surface area contributed by atoms with E-state index in [0.717, 1.165) is 23.0 Å². The number of carboxylic acid groups (broad SMARTS) is 1. The van der Waals surface area contributed by atoms with E-state index in [9.17, 15) is 28.7 Å². The van der Waals surface area contributed by atoms with Crippen LogP contribution in [0.25, 0.3) is 0 Å². The molecule has 1 aliphatic rings. The number of hydrogen-bond donors (Lipinski definition) is 3. The van der Waals surface area contributed by atoms with Crippen LogP contribution in [0.3, 0.4) is 0 Å². The number of hydrogen-bond acceptors (Lipinski definition) is 5. The largest absolute Gasteiger partial charge is 0.465 e. The topological polar surface area (TPSA) is 137 Å². The van der Waals surface area contributed by atoms with Crippen molar-refractivity contribution in [3.05, 3.63) is 41.8 Å². The first-order chi connectivity index (χ1) is 15.1. The van der Waals surface area contributed by atoms with Gasteiger partial charge in [-0.3, -0.25) is 18.8 Å². The van der Waals surface area contributed by atoms with Gasteiger partial charge in [0.1, 0.15) is 17.4 Å². The Bertz CT molecular complexity index is 1050. The van der Waals surface area contributed by atoms with Crippen molar-refractivity contribution in [2.45, 2.75) is 25.2 Å². The van der Waals surface area contributed by atoms with Gasteiger partial charge < -0.3 is 16.2 Å². The molecule has 2 amide bonds. The molecule has 4 unspecified atom stereocenters. The van der Waals surface area contributed by atoms with Gasteiger partial charge in [-0.2, -0.15) is 10.4 Å². The van der Waals surface area contributed by atoms with Gasteiger partial charge in [0.15, 0.2) is 5.82 Å². The zero-order valence-electron chi connectivity index (χ0n) is 17.0. The van der Waals surface area contributed by atoms with Gasteiger partial charge in [-0.05, 0) is 30.7 Å². The monoisotopic (exact) mass is 450 g/mol. The average Bonchev–Trinajstić information content (AvgIpc) is 3.17. The first kappa shape index (κ1) is 22.9. The summed E-state index contributed by atoms with van der Waals surface area (Å²) in [6.07, 6.45) is -0.542. The maximum Gasteiger partial charge on any atom is 0.409 e. The molecular weight excluding hydrogens is 429 g/mol. The zero-order chi connectivity index (χ0) is 23.6. The number of nitrogens with one attached hydrogen (secondary N) is 1. The molecule has 0 aliphatic carbocycles. The number of likely N-dealkylation sites (tertiary alicyclic amines) is 1. The Morgan fingerprint density at radius 3 is 2.62 bits per heavy atom. The summed E-state index contributed by atoms with van der Waals surface area (Å²) >= 11 is 0. The van der Waals surface area contributed by atoms with Crippen LogP contribution < -0.4 is 11.1 Å². The second-order valence-electron chi connectivity index (χ2n) is 7.55. The molecule has 4 atom stereocenters. The lowest BCUT2D eigenvalue weighted by Crippen LogP contribution is -2.62. The first-order valence-electron chi connectivity index (χ1n) is 9.70. The quantitative estimate of drug-likeness (QED) is 0.578. The van der Waals surface area contributed by atoms with Crippen LogP contribution in [-0.2, 0) is 0 Å². The molecule has 0 bridgehead atoms. The number of nitrogens with zero attached hydrogens (tertiary/aromatic N) is 4. The number of aromatic nitrogens is 2. The molecule has 1 aliphatic heterocycles. The standard InChI is InChI=1S/C20H21F3N6O3/c1-11(8-21)20(23)16(12(9-24)6-7-28(20)19(31)32)29-10-15(17(25)30)18(27-29)26-14-4-2-13(22)3-5-14/h2-5,10-12,16H,6-8H2,1H3,(H2,25,30)(H,26,27)(H,31,32). The highest BCUT2D eigenvalue weighted by molar-refractivity contribution is 5.98. The van der Waals surface area contributed by atoms with Crippen molar-refractivity contribution in [2.24, 2.45) is 17.6 Å². The molecule has 4 N–H and O–H groups in total. The number of piperidine rings is 1. The van der Waals surface area contributed by atoms with E-state index in [1.165, 1.54) is 19.1 Å². The van der Waals surface area contributed by atoms with Crippen molar-refractivity contribution in [2.75, 3.05) is 18.5 Å². The van der Waals surface area contributed by atoms with Gasteiger partial charge in [0.2, 0.25) is 5.79 Å². The van der Waals surface area contributed by atoms with Crippen LogP contribution in [0.2, 0.25) is 0 Å². The second-order valence-corrected chi connectivity index (χ2v) is 7.55. The molecule has 2 heterocycles. The highest BCUT2D eigenvalue weighted by Gasteiger charge is 2.58. The number of amides is 2. The van der Waals surface area contributed by atoms with Crippen molar-refractivity contribution in [1.29, 1.82) is 5.26 Å². The number of nitriles is 1. The predicted molar refractivity (Wildman–Crippen MR) is 107 cm³/mol. The van der Waals surface area contributed by atoms with E-state index >= 15 is 4.39 Å². The molecule has 0 saturated carbocycles. The predicted octanol–water partition coefficient (Wildman–Crippen LogP) is 3.20. The molecule has 1 aromatic heterocycles. The third kappa shape index (κ3) is 3.93. The average molecular weight is 450 g/mol. The van der Waals surface area contributed by atoms with Crippen LogP contribution in [0.1, 0.15) is 29.7 Å². The van der Waals surface area contributed by atoms with Crippen LogP contribution in [0.15, 0.2) is 30.5 Å². The lowest BCUT2D eigenvalue weighted by Gasteiger charge is -2.49. The van der Waals surface area contributed by atoms with Crippen LogP contribution in [0.4, 0.5) is 29.5 Å². The number of anilines is 2. The summed E-state index contributed by atoms with van der Waals surface area (Å²) in [5.41, 5.74) is 5.59. The minimum absolute atomic E-state index is 0.0232. The van der Waals surface area contributed by atoms with Gasteiger partial charge in [-0.1, -0.05) is 6.92 Å². The Balaban J connectivity index is 2.13. The normalized spacial score (nSPS) is 23.9. The fourth-order valence-corrected chi connectivity index (χ4v) is 3.93. The Morgan fingerprint density at radius 1 is 1.44 bits per heavy atom. The highest BCUT2D eigenvalue weighted by atomic mass is 19.2. The number of alkyl halides is 2. The zero-order valence-corrected chi connectivity index (χ0v) is 17.0. The van der Waals surface area contributed by atoms with Gasteiger partial charge >= 0.3 is 6.09 Å². The summed E-state index contributed by atoms with van der Waals surface area (Å²) in [4.78, 5) is 24.2. The van der Waals surface area contributed by atoms with Crippen molar-refractivity contribution >= 4 is 23.5 Å². The molecule has 0 spiro atoms. The summed E-state index contributed by atoms with van der Waals surface area (Å²) in [6, 6.07) is 5.45. The third-order valence-corrected chi connectivity index (χ3v) is 5.58. The molecule has 12 heteroatoms. The Kier molecular flexibility index (Phi) is 6.29. The Labute approximate surface area is 181 Å². The fraction of sp³-hybridized carbons (Fsp3) is 0.400. The van der Waals surface area contributed by atoms with E-state index in [-0.39, 0.29) is 24.3 Å². The lowest BCUT2D eigenvalue weighted by atomic mass is 9.79. The second kappa shape index (κ2) is 8.78. The van der Waals surface area contributed by atoms with Crippen molar-refractivity contribution < 1.29 is 27.9 Å². The summed E-state index contributed by atoms with van der Waals surface area (Å²) in [6.45, 7) is -0.312. The van der Waals surface area contributed by atoms with Gasteiger partial charge in [0.05, 0.1) is 18.7 Å². The minimum atomic E-state index is -2.83. The first-order valence-corrected chi connectivity index (χ1v) is 9.70. The molecule has 32 heavy (non-hydrogen) atoms. The molecule has 3 rings (SSSR count). The molecule has 1 saturated heterocycles.